The van der Waals surface area contributed by atoms with Crippen molar-refractivity contribution in [2.45, 2.75) is 31.1 Å². The Morgan fingerprint density at radius 3 is 2.00 bits per heavy atom. The lowest BCUT2D eigenvalue weighted by Gasteiger charge is -2.10. The highest BCUT2D eigenvalue weighted by Gasteiger charge is 2.14. The number of anilines is 1. The molecule has 0 aliphatic carbocycles. The minimum absolute atomic E-state index is 0.257. The van der Waals surface area contributed by atoms with Crippen LogP contribution in [0.4, 0.5) is 5.69 Å². The predicted octanol–water partition coefficient (Wildman–Crippen LogP) is 5.50. The molecule has 3 aromatic carbocycles. The Morgan fingerprint density at radius 1 is 0.769 bits per heavy atom. The van der Waals surface area contributed by atoms with Gasteiger partial charge in [0.05, 0.1) is 4.90 Å². The van der Waals surface area contributed by atoms with E-state index in [4.69, 9.17) is 0 Å². The first-order valence-corrected chi connectivity index (χ1v) is 10.3. The van der Waals surface area contributed by atoms with E-state index >= 15 is 0 Å². The zero-order chi connectivity index (χ0) is 18.4. The molecule has 0 bridgehead atoms. The van der Waals surface area contributed by atoms with Crippen molar-refractivity contribution >= 4 is 15.7 Å². The Hall–Kier alpha value is -2.59. The summed E-state index contributed by atoms with van der Waals surface area (Å²) >= 11 is 0. The number of unbranched alkanes of at least 4 members (excludes halogenated alkanes) is 1. The van der Waals surface area contributed by atoms with Crippen LogP contribution in [-0.2, 0) is 16.4 Å². The Labute approximate surface area is 155 Å². The van der Waals surface area contributed by atoms with Gasteiger partial charge < -0.3 is 0 Å². The molecule has 3 nitrogen and oxygen atoms in total. The Bertz CT molecular complexity index is 932. The highest BCUT2D eigenvalue weighted by atomic mass is 32.2. The summed E-state index contributed by atoms with van der Waals surface area (Å²) in [6.07, 6.45) is 3.30. The van der Waals surface area contributed by atoms with E-state index in [9.17, 15) is 8.42 Å². The van der Waals surface area contributed by atoms with Crippen LogP contribution in [0.1, 0.15) is 25.3 Å². The van der Waals surface area contributed by atoms with Crippen LogP contribution in [0.25, 0.3) is 11.1 Å². The summed E-state index contributed by atoms with van der Waals surface area (Å²) in [5.74, 6) is 0. The van der Waals surface area contributed by atoms with Crippen LogP contribution in [0.3, 0.4) is 0 Å². The second-order valence-corrected chi connectivity index (χ2v) is 7.98. The summed E-state index contributed by atoms with van der Waals surface area (Å²) in [6, 6.07) is 24.4. The first-order chi connectivity index (χ1) is 12.6. The van der Waals surface area contributed by atoms with Crippen LogP contribution >= 0.6 is 0 Å². The molecule has 0 saturated carbocycles. The zero-order valence-corrected chi connectivity index (χ0v) is 15.7. The van der Waals surface area contributed by atoms with Crippen LogP contribution in [0.15, 0.2) is 83.8 Å². The summed E-state index contributed by atoms with van der Waals surface area (Å²) in [6.45, 7) is 2.16. The van der Waals surface area contributed by atoms with Gasteiger partial charge in [0.25, 0.3) is 10.0 Å². The van der Waals surface area contributed by atoms with Gasteiger partial charge in [0.1, 0.15) is 0 Å². The van der Waals surface area contributed by atoms with E-state index in [1.165, 1.54) is 5.56 Å². The molecule has 0 atom stereocenters. The Morgan fingerprint density at radius 2 is 1.38 bits per heavy atom. The number of benzene rings is 3. The van der Waals surface area contributed by atoms with Gasteiger partial charge in [-0.25, -0.2) is 8.42 Å². The third-order valence-electron chi connectivity index (χ3n) is 4.30. The SMILES string of the molecule is CCCCc1ccc(NS(=O)(=O)c2ccc(-c3ccccc3)cc2)cc1. The number of aryl methyl sites for hydroxylation is 1. The molecule has 0 fully saturated rings. The van der Waals surface area contributed by atoms with Gasteiger partial charge in [-0.2, -0.15) is 0 Å². The molecule has 26 heavy (non-hydrogen) atoms. The van der Waals surface area contributed by atoms with Gasteiger partial charge >= 0.3 is 0 Å². The maximum atomic E-state index is 12.6. The monoisotopic (exact) mass is 365 g/mol. The average Bonchev–Trinajstić information content (AvgIpc) is 2.68. The van der Waals surface area contributed by atoms with Gasteiger partial charge in [-0.3, -0.25) is 4.72 Å². The largest absolute Gasteiger partial charge is 0.280 e. The lowest BCUT2D eigenvalue weighted by molar-refractivity contribution is 0.601. The quantitative estimate of drug-likeness (QED) is 0.601. The third kappa shape index (κ3) is 4.52. The molecule has 0 aliphatic rings. The number of hydrogen-bond acceptors (Lipinski definition) is 2. The molecule has 0 spiro atoms. The predicted molar refractivity (Wildman–Crippen MR) is 108 cm³/mol. The van der Waals surface area contributed by atoms with Crippen LogP contribution in [0, 0.1) is 0 Å². The fraction of sp³-hybridized carbons (Fsp3) is 0.182. The maximum absolute atomic E-state index is 12.6. The molecule has 0 unspecified atom stereocenters. The van der Waals surface area contributed by atoms with E-state index in [1.54, 1.807) is 12.1 Å². The van der Waals surface area contributed by atoms with Crippen molar-refractivity contribution in [1.29, 1.82) is 0 Å². The van der Waals surface area contributed by atoms with Crippen molar-refractivity contribution in [3.63, 3.8) is 0 Å². The fourth-order valence-corrected chi connectivity index (χ4v) is 3.85. The van der Waals surface area contributed by atoms with E-state index in [1.807, 2.05) is 66.7 Å². The normalized spacial score (nSPS) is 11.3. The molecular formula is C22H23NO2S. The average molecular weight is 365 g/mol. The highest BCUT2D eigenvalue weighted by Crippen LogP contribution is 2.22. The van der Waals surface area contributed by atoms with Crippen molar-refractivity contribution in [1.82, 2.24) is 0 Å². The van der Waals surface area contributed by atoms with Gasteiger partial charge in [0, 0.05) is 5.69 Å². The van der Waals surface area contributed by atoms with Crippen molar-refractivity contribution in [2.75, 3.05) is 4.72 Å². The first-order valence-electron chi connectivity index (χ1n) is 8.86. The lowest BCUT2D eigenvalue weighted by atomic mass is 10.1. The van der Waals surface area contributed by atoms with E-state index < -0.39 is 10.0 Å². The van der Waals surface area contributed by atoms with Gasteiger partial charge in [-0.05, 0) is 53.8 Å². The van der Waals surface area contributed by atoms with Gasteiger partial charge in [-0.15, -0.1) is 0 Å². The molecular weight excluding hydrogens is 342 g/mol. The number of hydrogen-bond donors (Lipinski definition) is 1. The van der Waals surface area contributed by atoms with Crippen LogP contribution in [0.2, 0.25) is 0 Å². The minimum atomic E-state index is -3.59. The summed E-state index contributed by atoms with van der Waals surface area (Å²) < 4.78 is 27.8. The Balaban J connectivity index is 1.73. The van der Waals surface area contributed by atoms with E-state index in [0.29, 0.717) is 5.69 Å². The second kappa shape index (κ2) is 8.19. The van der Waals surface area contributed by atoms with Crippen molar-refractivity contribution in [2.24, 2.45) is 0 Å². The number of nitrogens with one attached hydrogen (secondary N) is 1. The molecule has 0 saturated heterocycles. The number of sulfonamides is 1. The van der Waals surface area contributed by atoms with Crippen molar-refractivity contribution < 1.29 is 8.42 Å². The molecule has 1 N–H and O–H groups in total. The van der Waals surface area contributed by atoms with Crippen LogP contribution < -0.4 is 4.72 Å². The van der Waals surface area contributed by atoms with Gasteiger partial charge in [0.2, 0.25) is 0 Å². The van der Waals surface area contributed by atoms with E-state index in [0.717, 1.165) is 30.4 Å². The molecule has 134 valence electrons. The lowest BCUT2D eigenvalue weighted by Crippen LogP contribution is -2.12. The standard InChI is InChI=1S/C22H23NO2S/c1-2-3-7-18-10-14-21(15-11-18)23-26(24,25)22-16-12-20(13-17-22)19-8-5-4-6-9-19/h4-6,8-17,23H,2-3,7H2,1H3. The van der Waals surface area contributed by atoms with Crippen molar-refractivity contribution in [3.05, 3.63) is 84.4 Å². The van der Waals surface area contributed by atoms with Crippen molar-refractivity contribution in [3.8, 4) is 11.1 Å². The third-order valence-corrected chi connectivity index (χ3v) is 5.69. The molecule has 3 aromatic rings. The molecule has 3 rings (SSSR count). The zero-order valence-electron chi connectivity index (χ0n) is 14.9. The minimum Gasteiger partial charge on any atom is -0.280 e. The first kappa shape index (κ1) is 18.2. The van der Waals surface area contributed by atoms with Gasteiger partial charge in [-0.1, -0.05) is 67.9 Å². The van der Waals surface area contributed by atoms with E-state index in [2.05, 4.69) is 11.6 Å². The van der Waals surface area contributed by atoms with E-state index in [-0.39, 0.29) is 4.90 Å². The summed E-state index contributed by atoms with van der Waals surface area (Å²) in [7, 11) is -3.59. The molecule has 0 aliphatic heterocycles. The Kier molecular flexibility index (Phi) is 5.74. The molecule has 0 radical (unpaired) electrons. The molecule has 0 amide bonds. The van der Waals surface area contributed by atoms with Gasteiger partial charge in [0.15, 0.2) is 0 Å². The smallest absolute Gasteiger partial charge is 0.261 e. The molecule has 0 heterocycles. The summed E-state index contributed by atoms with van der Waals surface area (Å²) in [4.78, 5) is 0.257. The fourth-order valence-electron chi connectivity index (χ4n) is 2.79. The summed E-state index contributed by atoms with van der Waals surface area (Å²) in [5.41, 5.74) is 3.86. The highest BCUT2D eigenvalue weighted by molar-refractivity contribution is 7.92. The topological polar surface area (TPSA) is 46.2 Å². The summed E-state index contributed by atoms with van der Waals surface area (Å²) in [5, 5.41) is 0. The van der Waals surface area contributed by atoms with Crippen LogP contribution in [-0.4, -0.2) is 8.42 Å². The number of rotatable bonds is 7. The maximum Gasteiger partial charge on any atom is 0.261 e. The molecule has 4 heteroatoms. The van der Waals surface area contributed by atoms with Crippen LogP contribution in [0.5, 0.6) is 0 Å². The second-order valence-electron chi connectivity index (χ2n) is 6.30. The molecule has 0 aromatic heterocycles.